The fourth-order valence-electron chi connectivity index (χ4n) is 3.27. The molecule has 0 spiro atoms. The van der Waals surface area contributed by atoms with Crippen LogP contribution in [0.3, 0.4) is 0 Å². The highest BCUT2D eigenvalue weighted by Gasteiger charge is 2.31. The van der Waals surface area contributed by atoms with Crippen LogP contribution in [0.5, 0.6) is 5.75 Å². The van der Waals surface area contributed by atoms with Gasteiger partial charge in [0.05, 0.1) is 35.1 Å². The van der Waals surface area contributed by atoms with E-state index in [0.717, 1.165) is 18.2 Å². The van der Waals surface area contributed by atoms with Crippen molar-refractivity contribution in [1.82, 2.24) is 0 Å². The van der Waals surface area contributed by atoms with Crippen molar-refractivity contribution in [2.75, 3.05) is 32.2 Å². The first-order chi connectivity index (χ1) is 17.2. The molecule has 7 nitrogen and oxygen atoms in total. The van der Waals surface area contributed by atoms with Gasteiger partial charge in [0.15, 0.2) is 6.61 Å². The molecular formula is C26H21F3N2O5. The number of methoxy groups -OCH3 is 1. The van der Waals surface area contributed by atoms with Crippen LogP contribution in [-0.4, -0.2) is 38.8 Å². The summed E-state index contributed by atoms with van der Waals surface area (Å²) >= 11 is 0. The molecule has 10 heteroatoms. The molecule has 3 aromatic rings. The zero-order valence-electron chi connectivity index (χ0n) is 19.1. The quantitative estimate of drug-likeness (QED) is 0.327. The Hall–Kier alpha value is -4.36. The molecule has 0 saturated heterocycles. The van der Waals surface area contributed by atoms with Crippen LogP contribution in [0.25, 0.3) is 11.1 Å². The van der Waals surface area contributed by atoms with E-state index in [1.165, 1.54) is 13.2 Å². The van der Waals surface area contributed by atoms with Crippen LogP contribution in [0, 0.1) is 11.3 Å². The Balaban J connectivity index is 1.75. The fourth-order valence-corrected chi connectivity index (χ4v) is 3.27. The number of rotatable bonds is 9. The third-order valence-corrected chi connectivity index (χ3v) is 4.95. The summed E-state index contributed by atoms with van der Waals surface area (Å²) in [5.74, 6) is -1.71. The van der Waals surface area contributed by atoms with E-state index in [1.807, 2.05) is 0 Å². The molecule has 0 aliphatic rings. The molecule has 0 unspecified atom stereocenters. The summed E-state index contributed by atoms with van der Waals surface area (Å²) in [5, 5.41) is 11.7. The first-order valence-electron chi connectivity index (χ1n) is 10.6. The third kappa shape index (κ3) is 6.61. The van der Waals surface area contributed by atoms with Gasteiger partial charge in [0.1, 0.15) is 12.4 Å². The summed E-state index contributed by atoms with van der Waals surface area (Å²) in [6.45, 7) is -0.540. The van der Waals surface area contributed by atoms with Crippen molar-refractivity contribution in [3.8, 4) is 22.9 Å². The van der Waals surface area contributed by atoms with Gasteiger partial charge in [-0.3, -0.25) is 4.79 Å². The van der Waals surface area contributed by atoms with E-state index in [1.54, 1.807) is 42.5 Å². The van der Waals surface area contributed by atoms with Gasteiger partial charge in [0.25, 0.3) is 5.91 Å². The van der Waals surface area contributed by atoms with Gasteiger partial charge in [-0.2, -0.15) is 18.4 Å². The van der Waals surface area contributed by atoms with Gasteiger partial charge in [0, 0.05) is 12.7 Å². The number of alkyl halides is 3. The minimum Gasteiger partial charge on any atom is -0.489 e. The minimum absolute atomic E-state index is 0.00168. The summed E-state index contributed by atoms with van der Waals surface area (Å²) in [5.41, 5.74) is 0.201. The predicted octanol–water partition coefficient (Wildman–Crippen LogP) is 5.06. The molecule has 0 aliphatic heterocycles. The lowest BCUT2D eigenvalue weighted by molar-refractivity contribution is -0.137. The van der Waals surface area contributed by atoms with E-state index in [4.69, 9.17) is 14.2 Å². The van der Waals surface area contributed by atoms with Gasteiger partial charge in [-0.15, -0.1) is 0 Å². The lowest BCUT2D eigenvalue weighted by Crippen LogP contribution is -2.22. The van der Waals surface area contributed by atoms with E-state index in [-0.39, 0.29) is 30.2 Å². The van der Waals surface area contributed by atoms with Crippen LogP contribution in [0.1, 0.15) is 21.5 Å². The molecular weight excluding hydrogens is 477 g/mol. The van der Waals surface area contributed by atoms with E-state index >= 15 is 0 Å². The highest BCUT2D eigenvalue weighted by atomic mass is 19.4. The molecule has 3 aromatic carbocycles. The van der Waals surface area contributed by atoms with Crippen LogP contribution in [-0.2, 0) is 20.4 Å². The van der Waals surface area contributed by atoms with Gasteiger partial charge < -0.3 is 19.5 Å². The van der Waals surface area contributed by atoms with Gasteiger partial charge in [0.2, 0.25) is 0 Å². The zero-order chi connectivity index (χ0) is 26.1. The number of carbonyl (C=O) groups is 2. The maximum atomic E-state index is 13.2. The number of nitriles is 1. The molecule has 1 N–H and O–H groups in total. The molecule has 0 aromatic heterocycles. The molecule has 36 heavy (non-hydrogen) atoms. The van der Waals surface area contributed by atoms with E-state index in [9.17, 15) is 28.0 Å². The van der Waals surface area contributed by atoms with Gasteiger partial charge in [-0.05, 0) is 35.9 Å². The maximum Gasteiger partial charge on any atom is 0.416 e. The lowest BCUT2D eigenvalue weighted by Gasteiger charge is -2.15. The second-order valence-electron chi connectivity index (χ2n) is 7.38. The number of nitrogens with one attached hydrogen (secondary N) is 1. The van der Waals surface area contributed by atoms with E-state index in [2.05, 4.69) is 11.4 Å². The van der Waals surface area contributed by atoms with Crippen molar-refractivity contribution in [3.63, 3.8) is 0 Å². The maximum absolute atomic E-state index is 13.2. The number of amides is 1. The van der Waals surface area contributed by atoms with Crippen molar-refractivity contribution < 1.29 is 37.0 Å². The number of nitrogens with zero attached hydrogens (tertiary/aromatic N) is 1. The first kappa shape index (κ1) is 26.2. The first-order valence-corrected chi connectivity index (χ1v) is 10.6. The van der Waals surface area contributed by atoms with Crippen LogP contribution in [0.4, 0.5) is 18.9 Å². The normalized spacial score (nSPS) is 10.9. The van der Waals surface area contributed by atoms with Gasteiger partial charge >= 0.3 is 12.1 Å². The number of esters is 1. The Morgan fingerprint density at radius 1 is 0.972 bits per heavy atom. The van der Waals surface area contributed by atoms with Crippen LogP contribution in [0.2, 0.25) is 0 Å². The average molecular weight is 498 g/mol. The molecule has 0 atom stereocenters. The summed E-state index contributed by atoms with van der Waals surface area (Å²) in [6, 6.07) is 17.8. The number of hydrogen-bond acceptors (Lipinski definition) is 6. The van der Waals surface area contributed by atoms with Crippen LogP contribution < -0.4 is 10.1 Å². The second kappa shape index (κ2) is 11.9. The summed E-state index contributed by atoms with van der Waals surface area (Å²) in [6.07, 6.45) is -4.64. The predicted molar refractivity (Wildman–Crippen MR) is 124 cm³/mol. The molecule has 0 saturated carbocycles. The van der Waals surface area contributed by atoms with Crippen molar-refractivity contribution in [3.05, 3.63) is 83.4 Å². The largest absolute Gasteiger partial charge is 0.489 e. The van der Waals surface area contributed by atoms with Crippen LogP contribution in [0.15, 0.2) is 66.7 Å². The standard InChI is InChI=1S/C26H21F3N2O5/c1-34-12-13-35-23-11-10-18(26(27,28)29)14-22(23)31-24(32)16-36-25(33)21-9-5-4-8-20(21)19-7-3-2-6-17(19)15-30/h2-11,14H,12-13,16H2,1H3,(H,31,32). The number of halogens is 3. The van der Waals surface area contributed by atoms with E-state index in [0.29, 0.717) is 16.7 Å². The number of hydrogen-bond donors (Lipinski definition) is 1. The number of benzene rings is 3. The summed E-state index contributed by atoms with van der Waals surface area (Å²) < 4.78 is 54.8. The Morgan fingerprint density at radius 2 is 1.67 bits per heavy atom. The summed E-state index contributed by atoms with van der Waals surface area (Å²) in [7, 11) is 1.43. The Bertz CT molecular complexity index is 1290. The molecule has 0 aliphatic carbocycles. The second-order valence-corrected chi connectivity index (χ2v) is 7.38. The Kier molecular flexibility index (Phi) is 8.65. The highest BCUT2D eigenvalue weighted by molar-refractivity contribution is 6.00. The third-order valence-electron chi connectivity index (χ3n) is 4.95. The van der Waals surface area contributed by atoms with Crippen LogP contribution >= 0.6 is 0 Å². The van der Waals surface area contributed by atoms with Gasteiger partial charge in [-0.25, -0.2) is 4.79 Å². The number of ether oxygens (including phenoxy) is 3. The zero-order valence-corrected chi connectivity index (χ0v) is 19.1. The van der Waals surface area contributed by atoms with Crippen molar-refractivity contribution in [2.24, 2.45) is 0 Å². The number of carbonyl (C=O) groups excluding carboxylic acids is 2. The van der Waals surface area contributed by atoms with Crippen molar-refractivity contribution in [1.29, 1.82) is 5.26 Å². The molecule has 3 rings (SSSR count). The highest BCUT2D eigenvalue weighted by Crippen LogP contribution is 2.35. The van der Waals surface area contributed by atoms with E-state index < -0.39 is 30.2 Å². The number of anilines is 1. The van der Waals surface area contributed by atoms with Crippen molar-refractivity contribution in [2.45, 2.75) is 6.18 Å². The smallest absolute Gasteiger partial charge is 0.416 e. The monoisotopic (exact) mass is 498 g/mol. The lowest BCUT2D eigenvalue weighted by atomic mass is 9.96. The topological polar surface area (TPSA) is 97.7 Å². The SMILES string of the molecule is COCCOc1ccc(C(F)(F)F)cc1NC(=O)COC(=O)c1ccccc1-c1ccccc1C#N. The molecule has 1 amide bonds. The minimum atomic E-state index is -4.64. The van der Waals surface area contributed by atoms with Crippen molar-refractivity contribution >= 4 is 17.6 Å². The molecule has 0 heterocycles. The molecule has 0 bridgehead atoms. The Morgan fingerprint density at radius 3 is 2.36 bits per heavy atom. The fraction of sp³-hybridized carbons (Fsp3) is 0.192. The molecule has 0 fully saturated rings. The summed E-state index contributed by atoms with van der Waals surface area (Å²) in [4.78, 5) is 25.2. The Labute approximate surface area is 205 Å². The van der Waals surface area contributed by atoms with Gasteiger partial charge in [-0.1, -0.05) is 36.4 Å². The molecule has 186 valence electrons. The molecule has 0 radical (unpaired) electrons. The average Bonchev–Trinajstić information content (AvgIpc) is 2.87.